The topological polar surface area (TPSA) is 28.4 Å². The normalized spacial score (nSPS) is 11.7. The third kappa shape index (κ3) is 5.30. The van der Waals surface area contributed by atoms with Crippen LogP contribution in [-0.2, 0) is 19.6 Å². The largest absolute Gasteiger partial charge is 0.465 e. The highest BCUT2D eigenvalue weighted by atomic mass is 32.1. The summed E-state index contributed by atoms with van der Waals surface area (Å²) in [6, 6.07) is 4.36. The molecule has 2 aromatic heterocycles. The van der Waals surface area contributed by atoms with E-state index in [1.807, 2.05) is 0 Å². The number of nitrogens with one attached hydrogen (secondary N) is 1. The summed E-state index contributed by atoms with van der Waals surface area (Å²) in [4.78, 5) is 2.28. The number of hydrogen-bond acceptors (Lipinski definition) is 4. The van der Waals surface area contributed by atoms with Crippen LogP contribution in [0.4, 0.5) is 0 Å². The Morgan fingerprint density at radius 2 is 2.14 bits per heavy atom. The van der Waals surface area contributed by atoms with Crippen LogP contribution in [0.2, 0.25) is 0 Å². The van der Waals surface area contributed by atoms with E-state index < -0.39 is 0 Å². The van der Waals surface area contributed by atoms with Gasteiger partial charge in [0, 0.05) is 18.7 Å². The van der Waals surface area contributed by atoms with E-state index in [-0.39, 0.29) is 0 Å². The molecular formula is C17H26N2OS. The second kappa shape index (κ2) is 7.78. The zero-order chi connectivity index (χ0) is 15.2. The van der Waals surface area contributed by atoms with Crippen LogP contribution in [-0.4, -0.2) is 18.5 Å². The molecule has 0 bridgehead atoms. The number of hydrogen-bond donors (Lipinski definition) is 1. The zero-order valence-corrected chi connectivity index (χ0v) is 14.3. The molecule has 0 atom stereocenters. The third-order valence-corrected chi connectivity index (χ3v) is 4.13. The molecule has 4 heteroatoms. The third-order valence-electron chi connectivity index (χ3n) is 3.40. The Hall–Kier alpha value is -1.10. The van der Waals surface area contributed by atoms with Gasteiger partial charge in [0.2, 0.25) is 0 Å². The maximum Gasteiger partial charge on any atom is 0.118 e. The minimum Gasteiger partial charge on any atom is -0.465 e. The van der Waals surface area contributed by atoms with Gasteiger partial charge in [-0.15, -0.1) is 0 Å². The van der Waals surface area contributed by atoms with Crippen LogP contribution in [0.1, 0.15) is 36.5 Å². The van der Waals surface area contributed by atoms with Crippen molar-refractivity contribution in [2.24, 2.45) is 5.92 Å². The fourth-order valence-corrected chi connectivity index (χ4v) is 3.01. The Morgan fingerprint density at radius 1 is 1.33 bits per heavy atom. The standard InChI is InChI=1S/C17H26N2OS/c1-13(2)8-18-9-16-7-17(20-14(16)3)11-19(4)10-15-5-6-21-12-15/h5-7,12-13,18H,8-11H2,1-4H3. The minimum atomic E-state index is 0.674. The number of rotatable bonds is 8. The first-order valence-corrected chi connectivity index (χ1v) is 8.47. The lowest BCUT2D eigenvalue weighted by atomic mass is 10.2. The molecule has 0 amide bonds. The van der Waals surface area contributed by atoms with Crippen molar-refractivity contribution < 1.29 is 4.42 Å². The summed E-state index contributed by atoms with van der Waals surface area (Å²) in [7, 11) is 2.13. The maximum atomic E-state index is 5.88. The van der Waals surface area contributed by atoms with Gasteiger partial charge in [0.15, 0.2) is 0 Å². The van der Waals surface area contributed by atoms with Gasteiger partial charge in [-0.1, -0.05) is 13.8 Å². The smallest absolute Gasteiger partial charge is 0.118 e. The van der Waals surface area contributed by atoms with Crippen LogP contribution < -0.4 is 5.32 Å². The second-order valence-corrected chi connectivity index (χ2v) is 6.90. The first-order valence-electron chi connectivity index (χ1n) is 7.53. The maximum absolute atomic E-state index is 5.88. The average molecular weight is 306 g/mol. The molecule has 0 aromatic carbocycles. The summed E-state index contributed by atoms with van der Waals surface area (Å²) in [5, 5.41) is 7.80. The molecule has 0 unspecified atom stereocenters. The number of furan rings is 1. The van der Waals surface area contributed by atoms with Crippen LogP contribution in [0.3, 0.4) is 0 Å². The highest BCUT2D eigenvalue weighted by Crippen LogP contribution is 2.17. The van der Waals surface area contributed by atoms with E-state index in [1.165, 1.54) is 11.1 Å². The van der Waals surface area contributed by atoms with Crippen LogP contribution in [0.15, 0.2) is 27.3 Å². The van der Waals surface area contributed by atoms with Gasteiger partial charge >= 0.3 is 0 Å². The fraction of sp³-hybridized carbons (Fsp3) is 0.529. The Labute approximate surface area is 132 Å². The molecule has 0 radical (unpaired) electrons. The predicted molar refractivity (Wildman–Crippen MR) is 89.5 cm³/mol. The molecule has 3 nitrogen and oxygen atoms in total. The summed E-state index contributed by atoms with van der Waals surface area (Å²) in [5.74, 6) is 2.75. The summed E-state index contributed by atoms with van der Waals surface area (Å²) >= 11 is 1.75. The van der Waals surface area contributed by atoms with Gasteiger partial charge in [0.1, 0.15) is 11.5 Å². The van der Waals surface area contributed by atoms with Crippen molar-refractivity contribution in [3.05, 3.63) is 45.5 Å². The van der Waals surface area contributed by atoms with E-state index in [4.69, 9.17) is 4.42 Å². The van der Waals surface area contributed by atoms with Crippen LogP contribution in [0, 0.1) is 12.8 Å². The summed E-state index contributed by atoms with van der Waals surface area (Å²) in [6.07, 6.45) is 0. The Kier molecular flexibility index (Phi) is 6.03. The first kappa shape index (κ1) is 16.3. The second-order valence-electron chi connectivity index (χ2n) is 6.12. The van der Waals surface area contributed by atoms with Crippen molar-refractivity contribution in [3.8, 4) is 0 Å². The van der Waals surface area contributed by atoms with E-state index >= 15 is 0 Å². The molecule has 1 N–H and O–H groups in total. The lowest BCUT2D eigenvalue weighted by Gasteiger charge is -2.13. The molecule has 2 heterocycles. The number of nitrogens with zero attached hydrogens (tertiary/aromatic N) is 1. The molecule has 21 heavy (non-hydrogen) atoms. The van der Waals surface area contributed by atoms with E-state index in [9.17, 15) is 0 Å². The highest BCUT2D eigenvalue weighted by Gasteiger charge is 2.10. The Balaban J connectivity index is 1.86. The van der Waals surface area contributed by atoms with E-state index in [0.717, 1.165) is 37.7 Å². The molecule has 0 aliphatic heterocycles. The molecular weight excluding hydrogens is 280 g/mol. The highest BCUT2D eigenvalue weighted by molar-refractivity contribution is 7.07. The van der Waals surface area contributed by atoms with Gasteiger partial charge in [0.05, 0.1) is 6.54 Å². The molecule has 0 saturated carbocycles. The van der Waals surface area contributed by atoms with Gasteiger partial charge in [-0.05, 0) is 54.9 Å². The zero-order valence-electron chi connectivity index (χ0n) is 13.5. The van der Waals surface area contributed by atoms with Crippen molar-refractivity contribution >= 4 is 11.3 Å². The SMILES string of the molecule is Cc1oc(CN(C)Cc2ccsc2)cc1CNCC(C)C. The molecule has 2 rings (SSSR count). The van der Waals surface area contributed by atoms with Crippen molar-refractivity contribution in [2.75, 3.05) is 13.6 Å². The summed E-state index contributed by atoms with van der Waals surface area (Å²) in [6.45, 7) is 10.2. The van der Waals surface area contributed by atoms with Gasteiger partial charge in [-0.2, -0.15) is 11.3 Å². The molecule has 0 spiro atoms. The van der Waals surface area contributed by atoms with Gasteiger partial charge in [0.25, 0.3) is 0 Å². The average Bonchev–Trinajstić information content (AvgIpc) is 3.00. The van der Waals surface area contributed by atoms with Gasteiger partial charge < -0.3 is 9.73 Å². The predicted octanol–water partition coefficient (Wildman–Crippen LogP) is 4.03. The van der Waals surface area contributed by atoms with Crippen molar-refractivity contribution in [3.63, 3.8) is 0 Å². The minimum absolute atomic E-state index is 0.674. The lowest BCUT2D eigenvalue weighted by molar-refractivity contribution is 0.285. The molecule has 0 aliphatic carbocycles. The quantitative estimate of drug-likeness (QED) is 0.798. The number of thiophene rings is 1. The monoisotopic (exact) mass is 306 g/mol. The van der Waals surface area contributed by atoms with Crippen LogP contribution >= 0.6 is 11.3 Å². The Bertz CT molecular complexity index is 531. The fourth-order valence-electron chi connectivity index (χ4n) is 2.35. The summed E-state index contributed by atoms with van der Waals surface area (Å²) in [5.41, 5.74) is 2.64. The molecule has 116 valence electrons. The molecule has 2 aromatic rings. The molecule has 0 saturated heterocycles. The summed E-state index contributed by atoms with van der Waals surface area (Å²) < 4.78 is 5.88. The van der Waals surface area contributed by atoms with E-state index in [0.29, 0.717) is 5.92 Å². The van der Waals surface area contributed by atoms with Crippen molar-refractivity contribution in [1.29, 1.82) is 0 Å². The van der Waals surface area contributed by atoms with Gasteiger partial charge in [-0.25, -0.2) is 0 Å². The van der Waals surface area contributed by atoms with Crippen LogP contribution in [0.5, 0.6) is 0 Å². The van der Waals surface area contributed by atoms with Crippen LogP contribution in [0.25, 0.3) is 0 Å². The van der Waals surface area contributed by atoms with E-state index in [1.54, 1.807) is 11.3 Å². The Morgan fingerprint density at radius 3 is 2.81 bits per heavy atom. The van der Waals surface area contributed by atoms with Crippen molar-refractivity contribution in [1.82, 2.24) is 10.2 Å². The van der Waals surface area contributed by atoms with Gasteiger partial charge in [-0.3, -0.25) is 4.90 Å². The van der Waals surface area contributed by atoms with E-state index in [2.05, 4.69) is 60.9 Å². The molecule has 0 fully saturated rings. The molecule has 0 aliphatic rings. The number of aryl methyl sites for hydroxylation is 1. The first-order chi connectivity index (χ1) is 10.0. The lowest BCUT2D eigenvalue weighted by Crippen LogP contribution is -2.19. The van der Waals surface area contributed by atoms with Crippen molar-refractivity contribution in [2.45, 2.75) is 40.4 Å².